The lowest BCUT2D eigenvalue weighted by Crippen LogP contribution is -2.30. The third kappa shape index (κ3) is 14.2. The summed E-state index contributed by atoms with van der Waals surface area (Å²) < 4.78 is 23.6. The summed E-state index contributed by atoms with van der Waals surface area (Å²) in [5.41, 5.74) is 14.0. The van der Waals surface area contributed by atoms with E-state index in [-0.39, 0.29) is 44.0 Å². The van der Waals surface area contributed by atoms with Gasteiger partial charge in [0.05, 0.1) is 68.0 Å². The monoisotopic (exact) mass is 888 g/mol. The van der Waals surface area contributed by atoms with E-state index in [1.54, 1.807) is 0 Å². The molecule has 0 atom stereocenters. The molecule has 6 rings (SSSR count). The van der Waals surface area contributed by atoms with Crippen LogP contribution in [0, 0.1) is 0 Å². The number of nitrogens with one attached hydrogen (secondary N) is 3. The molecule has 19 nitrogen and oxygen atoms in total. The number of anilines is 2. The molecule has 2 fully saturated rings. The van der Waals surface area contributed by atoms with E-state index >= 15 is 0 Å². The largest absolute Gasteiger partial charge is 0.481 e. The standard InChI is InChI=1S/C21H31N5O4.C16H25N5O.C5H8O4.ClH/c1-4-17-15(12-22-18(27)6-7-19(28)29-3)20(24-14-8-10-30-11-9-14)16-13-23-26(5-2)21(16)25-17;1-3-14-12(9-17)15(19-11-5-7-22-8-6-11)13-10-18-21(4-2)16(13)20-14;1-9-5(8)3-2-4(6)7;/h13-14H,4-12H2,1-3H3,(H,22,27)(H,24,25);10-11H,3-9,17H2,1-2H3,(H,19,20);2-3H2,1H3,(H,6,7);1H. The number of aromatic nitrogens is 6. The van der Waals surface area contributed by atoms with Crippen LogP contribution in [0.25, 0.3) is 22.1 Å². The summed E-state index contributed by atoms with van der Waals surface area (Å²) in [4.78, 5) is 53.3. The van der Waals surface area contributed by atoms with Gasteiger partial charge in [0.1, 0.15) is 0 Å². The summed E-state index contributed by atoms with van der Waals surface area (Å²) in [5.74, 6) is -2.06. The Hall–Kier alpha value is -5.11. The number of halogens is 1. The maximum Gasteiger partial charge on any atom is 0.306 e. The van der Waals surface area contributed by atoms with Crippen molar-refractivity contribution in [1.29, 1.82) is 0 Å². The van der Waals surface area contributed by atoms with Gasteiger partial charge in [-0.1, -0.05) is 13.8 Å². The second-order valence-electron chi connectivity index (χ2n) is 14.5. The fourth-order valence-electron chi connectivity index (χ4n) is 7.13. The van der Waals surface area contributed by atoms with Gasteiger partial charge in [-0.25, -0.2) is 19.3 Å². The van der Waals surface area contributed by atoms with Gasteiger partial charge in [-0.15, -0.1) is 12.4 Å². The van der Waals surface area contributed by atoms with Crippen molar-refractivity contribution < 1.29 is 43.2 Å². The van der Waals surface area contributed by atoms with Crippen molar-refractivity contribution in [3.63, 3.8) is 0 Å². The Balaban J connectivity index is 0.000000280. The molecular weight excluding hydrogens is 824 g/mol. The van der Waals surface area contributed by atoms with Crippen molar-refractivity contribution in [2.24, 2.45) is 5.73 Å². The Labute approximate surface area is 368 Å². The van der Waals surface area contributed by atoms with Crippen LogP contribution in [0.3, 0.4) is 0 Å². The number of carboxylic acids is 1. The predicted octanol–water partition coefficient (Wildman–Crippen LogP) is 4.68. The third-order valence-corrected chi connectivity index (χ3v) is 10.6. The van der Waals surface area contributed by atoms with Gasteiger partial charge in [0, 0.05) is 93.6 Å². The van der Waals surface area contributed by atoms with Gasteiger partial charge in [0.2, 0.25) is 5.91 Å². The number of methoxy groups -OCH3 is 2. The van der Waals surface area contributed by atoms with Crippen molar-refractivity contribution in [1.82, 2.24) is 34.8 Å². The average molecular weight is 889 g/mol. The molecule has 1 amide bonds. The molecule has 0 spiro atoms. The van der Waals surface area contributed by atoms with Gasteiger partial charge in [0.15, 0.2) is 11.3 Å². The minimum Gasteiger partial charge on any atom is -0.481 e. The van der Waals surface area contributed by atoms with E-state index in [0.717, 1.165) is 134 Å². The quantitative estimate of drug-likeness (QED) is 0.0903. The first-order valence-electron chi connectivity index (χ1n) is 21.3. The number of carbonyl (C=O) groups is 4. The molecule has 2 aliphatic heterocycles. The highest BCUT2D eigenvalue weighted by atomic mass is 35.5. The van der Waals surface area contributed by atoms with Crippen LogP contribution >= 0.6 is 12.4 Å². The lowest BCUT2D eigenvalue weighted by molar-refractivity contribution is -0.145. The molecule has 0 aliphatic carbocycles. The number of amides is 1. The molecular formula is C42H65ClN10O9. The van der Waals surface area contributed by atoms with Gasteiger partial charge >= 0.3 is 17.9 Å². The van der Waals surface area contributed by atoms with Crippen LogP contribution < -0.4 is 21.7 Å². The van der Waals surface area contributed by atoms with Crippen molar-refractivity contribution in [2.75, 3.05) is 51.3 Å². The molecule has 62 heavy (non-hydrogen) atoms. The number of nitrogens with two attached hydrogens (primary N) is 1. The summed E-state index contributed by atoms with van der Waals surface area (Å²) in [6.45, 7) is 13.8. The maximum absolute atomic E-state index is 12.3. The minimum atomic E-state index is -0.986. The third-order valence-electron chi connectivity index (χ3n) is 10.6. The summed E-state index contributed by atoms with van der Waals surface area (Å²) in [6.07, 6.45) is 9.22. The fraction of sp³-hybridized carbons (Fsp3) is 0.619. The lowest BCUT2D eigenvalue weighted by Gasteiger charge is -2.26. The smallest absolute Gasteiger partial charge is 0.306 e. The van der Waals surface area contributed by atoms with E-state index in [1.807, 2.05) is 28.7 Å². The van der Waals surface area contributed by atoms with Gasteiger partial charge in [-0.2, -0.15) is 10.2 Å². The average Bonchev–Trinajstić information content (AvgIpc) is 3.91. The van der Waals surface area contributed by atoms with Crippen molar-refractivity contribution in [3.05, 3.63) is 34.9 Å². The molecule has 344 valence electrons. The van der Waals surface area contributed by atoms with Crippen LogP contribution in [0.15, 0.2) is 12.4 Å². The number of esters is 2. The zero-order valence-electron chi connectivity index (χ0n) is 36.9. The van der Waals surface area contributed by atoms with Gasteiger partial charge < -0.3 is 45.7 Å². The van der Waals surface area contributed by atoms with E-state index in [2.05, 4.69) is 56.4 Å². The van der Waals surface area contributed by atoms with Crippen LogP contribution in [0.4, 0.5) is 11.4 Å². The van der Waals surface area contributed by atoms with Gasteiger partial charge in [-0.3, -0.25) is 19.2 Å². The van der Waals surface area contributed by atoms with E-state index in [4.69, 9.17) is 30.3 Å². The van der Waals surface area contributed by atoms with E-state index in [9.17, 15) is 19.2 Å². The molecule has 0 saturated carbocycles. The first-order chi connectivity index (χ1) is 29.5. The molecule has 2 aliphatic rings. The van der Waals surface area contributed by atoms with Crippen LogP contribution in [0.5, 0.6) is 0 Å². The van der Waals surface area contributed by atoms with Crippen LogP contribution in [0.1, 0.15) is 102 Å². The van der Waals surface area contributed by atoms with Crippen LogP contribution in [-0.4, -0.2) is 111 Å². The number of carbonyl (C=O) groups excluding carboxylic acids is 3. The van der Waals surface area contributed by atoms with E-state index in [0.29, 0.717) is 25.2 Å². The van der Waals surface area contributed by atoms with Crippen molar-refractivity contribution >= 4 is 69.7 Å². The normalized spacial score (nSPS) is 14.1. The number of pyridine rings is 2. The van der Waals surface area contributed by atoms with E-state index < -0.39 is 17.9 Å². The minimum absolute atomic E-state index is 0. The number of aliphatic carboxylic acids is 1. The Morgan fingerprint density at radius 1 is 0.726 bits per heavy atom. The Bertz CT molecular complexity index is 2060. The Morgan fingerprint density at radius 2 is 1.16 bits per heavy atom. The fourth-order valence-corrected chi connectivity index (χ4v) is 7.13. The highest BCUT2D eigenvalue weighted by Crippen LogP contribution is 2.32. The molecule has 0 bridgehead atoms. The first kappa shape index (κ1) is 51.2. The second kappa shape index (κ2) is 26.4. The van der Waals surface area contributed by atoms with Crippen LogP contribution in [0.2, 0.25) is 0 Å². The second-order valence-corrected chi connectivity index (χ2v) is 14.5. The summed E-state index contributed by atoms with van der Waals surface area (Å²) >= 11 is 0. The molecule has 20 heteroatoms. The number of rotatable bonds is 17. The highest BCUT2D eigenvalue weighted by Gasteiger charge is 2.23. The van der Waals surface area contributed by atoms with E-state index in [1.165, 1.54) is 14.2 Å². The first-order valence-corrected chi connectivity index (χ1v) is 21.3. The molecule has 2 saturated heterocycles. The van der Waals surface area contributed by atoms with Gasteiger partial charge in [0.25, 0.3) is 0 Å². The number of carboxylic acid groups (broad SMARTS) is 1. The summed E-state index contributed by atoms with van der Waals surface area (Å²) in [7, 11) is 2.55. The SMILES string of the molecule is CCc1nc2c(cnn2CC)c(NC2CCOCC2)c1CN.CCc1nc2c(cnn2CC)c(NC2CCOCC2)c1CNC(=O)CCC(=O)OC.COC(=O)CCC(=O)O.Cl. The molecule has 4 aromatic rings. The highest BCUT2D eigenvalue weighted by molar-refractivity contribution is 5.93. The number of nitrogens with zero attached hydrogens (tertiary/aromatic N) is 6. The van der Waals surface area contributed by atoms with Gasteiger partial charge in [-0.05, 0) is 52.4 Å². The maximum atomic E-state index is 12.3. The zero-order chi connectivity index (χ0) is 44.3. The molecule has 0 radical (unpaired) electrons. The lowest BCUT2D eigenvalue weighted by atomic mass is 10.0. The summed E-state index contributed by atoms with van der Waals surface area (Å²) in [6, 6.07) is 0.729. The number of hydrogen-bond donors (Lipinski definition) is 5. The number of aryl methyl sites for hydroxylation is 4. The topological polar surface area (TPSA) is 249 Å². The summed E-state index contributed by atoms with van der Waals surface area (Å²) in [5, 5.41) is 29.4. The Kier molecular flexibility index (Phi) is 21.8. The number of ether oxygens (including phenoxy) is 4. The molecule has 0 aromatic carbocycles. The molecule has 6 heterocycles. The molecule has 0 unspecified atom stereocenters. The molecule has 4 aromatic heterocycles. The number of hydrogen-bond acceptors (Lipinski definition) is 15. The van der Waals surface area contributed by atoms with Crippen molar-refractivity contribution in [2.45, 2.75) is 130 Å². The predicted molar refractivity (Wildman–Crippen MR) is 237 cm³/mol. The zero-order valence-corrected chi connectivity index (χ0v) is 37.7. The van der Waals surface area contributed by atoms with Crippen molar-refractivity contribution in [3.8, 4) is 0 Å². The number of fused-ring (bicyclic) bond motifs is 2. The van der Waals surface area contributed by atoms with Crippen LogP contribution in [-0.2, 0) is 77.1 Å². The Morgan fingerprint density at radius 3 is 1.56 bits per heavy atom. The molecule has 6 N–H and O–H groups in total.